The van der Waals surface area contributed by atoms with Crippen LogP contribution in [0, 0.1) is 11.3 Å². The average Bonchev–Trinajstić information content (AvgIpc) is 3.65. The number of hydrogen-bond donors (Lipinski definition) is 1. The molecule has 0 radical (unpaired) electrons. The molecular weight excluding hydrogens is 516 g/mol. The van der Waals surface area contributed by atoms with Gasteiger partial charge in [0.1, 0.15) is 24.2 Å². The number of nitrogens with zero attached hydrogens (tertiary/aromatic N) is 7. The molecule has 10 nitrogen and oxygen atoms in total. The van der Waals surface area contributed by atoms with Crippen LogP contribution >= 0.6 is 0 Å². The highest BCUT2D eigenvalue weighted by atomic mass is 16.5. The van der Waals surface area contributed by atoms with Crippen LogP contribution in [0.5, 0.6) is 11.6 Å². The summed E-state index contributed by atoms with van der Waals surface area (Å²) in [7, 11) is 1.64. The molecule has 2 unspecified atom stereocenters. The molecule has 4 aliphatic rings. The fourth-order valence-electron chi connectivity index (χ4n) is 6.63. The van der Waals surface area contributed by atoms with Crippen LogP contribution in [0.2, 0.25) is 0 Å². The minimum atomic E-state index is -0.281. The fraction of sp³-hybridized carbons (Fsp3) is 0.419. The fourth-order valence-corrected chi connectivity index (χ4v) is 6.63. The van der Waals surface area contributed by atoms with Crippen LogP contribution in [0.4, 0.5) is 5.82 Å². The zero-order valence-corrected chi connectivity index (χ0v) is 23.2. The zero-order chi connectivity index (χ0) is 28.0. The Bertz CT molecular complexity index is 1580. The van der Waals surface area contributed by atoms with Gasteiger partial charge in [0.2, 0.25) is 5.88 Å². The van der Waals surface area contributed by atoms with Gasteiger partial charge in [0.15, 0.2) is 0 Å². The number of fused-ring (bicyclic) bond motifs is 3. The van der Waals surface area contributed by atoms with Crippen molar-refractivity contribution in [3.63, 3.8) is 0 Å². The minimum absolute atomic E-state index is 0.281. The van der Waals surface area contributed by atoms with Crippen LogP contribution in [0.3, 0.4) is 0 Å². The highest BCUT2D eigenvalue weighted by Gasteiger charge is 2.44. The van der Waals surface area contributed by atoms with Gasteiger partial charge in [0, 0.05) is 61.3 Å². The number of rotatable bonds is 8. The zero-order valence-electron chi connectivity index (χ0n) is 23.2. The van der Waals surface area contributed by atoms with Crippen molar-refractivity contribution in [3.05, 3.63) is 66.2 Å². The third-order valence-electron chi connectivity index (χ3n) is 8.93. The average molecular weight is 551 g/mol. The first-order valence-electron chi connectivity index (χ1n) is 14.3. The van der Waals surface area contributed by atoms with E-state index >= 15 is 0 Å². The topological polar surface area (TPSA) is 118 Å². The van der Waals surface area contributed by atoms with Gasteiger partial charge >= 0.3 is 0 Å². The monoisotopic (exact) mass is 550 g/mol. The van der Waals surface area contributed by atoms with Crippen LogP contribution < -0.4 is 20.1 Å². The molecule has 1 aliphatic carbocycles. The Balaban J connectivity index is 1.08. The van der Waals surface area contributed by atoms with Gasteiger partial charge in [-0.25, -0.2) is 14.5 Å². The van der Waals surface area contributed by atoms with E-state index in [1.807, 2.05) is 30.7 Å². The van der Waals surface area contributed by atoms with Crippen molar-refractivity contribution in [2.24, 2.45) is 5.73 Å². The smallest absolute Gasteiger partial charge is 0.212 e. The number of methoxy groups -OCH3 is 1. The summed E-state index contributed by atoms with van der Waals surface area (Å²) in [5.41, 5.74) is 10.5. The van der Waals surface area contributed by atoms with Gasteiger partial charge in [-0.15, -0.1) is 0 Å². The van der Waals surface area contributed by atoms with Crippen molar-refractivity contribution < 1.29 is 9.47 Å². The van der Waals surface area contributed by atoms with Gasteiger partial charge in [0.25, 0.3) is 0 Å². The lowest BCUT2D eigenvalue weighted by Crippen LogP contribution is -2.68. The van der Waals surface area contributed by atoms with Gasteiger partial charge in [-0.1, -0.05) is 18.9 Å². The molecule has 2 bridgehead atoms. The molecular formula is C31H34N8O2. The molecule has 4 aromatic heterocycles. The number of piperidine rings is 1. The number of nitrogens with two attached hydrogens (primary N) is 1. The Kier molecular flexibility index (Phi) is 6.48. The number of aromatic nitrogens is 4. The Hall–Kier alpha value is -4.20. The van der Waals surface area contributed by atoms with E-state index in [4.69, 9.17) is 20.2 Å². The lowest BCUT2D eigenvalue weighted by Gasteiger charge is -2.56. The van der Waals surface area contributed by atoms with E-state index in [1.165, 1.54) is 12.0 Å². The summed E-state index contributed by atoms with van der Waals surface area (Å²) in [5, 5.41) is 14.2. The van der Waals surface area contributed by atoms with Crippen LogP contribution in [0.1, 0.15) is 43.2 Å². The summed E-state index contributed by atoms with van der Waals surface area (Å²) >= 11 is 0. The SMILES string of the molecule is COc1ccc(CN2C3CC2CN(c2ccc(-c4cc(OCC5(N)CCCC5)cn5ncc(C#N)c45)cn2)C3)cn1. The molecule has 2 atom stereocenters. The standard InChI is InChI=1S/C31H34N8O2/c1-40-29-7-4-21(13-35-29)16-38-24-10-25(38)18-37(17-24)28-6-5-22(14-34-28)27-11-26(41-20-31(33)8-2-3-9-31)19-39-30(27)23(12-32)15-36-39/h4-7,11,13-15,19,24-25H,2-3,8-10,16-18,20,33H2,1H3. The van der Waals surface area contributed by atoms with Gasteiger partial charge in [0.05, 0.1) is 36.1 Å². The van der Waals surface area contributed by atoms with E-state index in [2.05, 4.69) is 44.2 Å². The molecule has 10 heteroatoms. The third-order valence-corrected chi connectivity index (χ3v) is 8.93. The van der Waals surface area contributed by atoms with E-state index in [1.54, 1.807) is 17.8 Å². The van der Waals surface area contributed by atoms with E-state index < -0.39 is 0 Å². The van der Waals surface area contributed by atoms with Gasteiger partial charge in [-0.2, -0.15) is 10.4 Å². The summed E-state index contributed by atoms with van der Waals surface area (Å²) in [4.78, 5) is 14.2. The molecule has 2 N–H and O–H groups in total. The predicted molar refractivity (Wildman–Crippen MR) is 155 cm³/mol. The minimum Gasteiger partial charge on any atom is -0.490 e. The molecule has 4 fully saturated rings. The van der Waals surface area contributed by atoms with Crippen LogP contribution in [0.15, 0.2) is 55.1 Å². The first-order valence-corrected chi connectivity index (χ1v) is 14.3. The van der Waals surface area contributed by atoms with Crippen molar-refractivity contribution in [1.82, 2.24) is 24.5 Å². The molecule has 3 aliphatic heterocycles. The lowest BCUT2D eigenvalue weighted by atomic mass is 9.87. The summed E-state index contributed by atoms with van der Waals surface area (Å²) in [6, 6.07) is 13.4. The highest BCUT2D eigenvalue weighted by Crippen LogP contribution is 2.37. The van der Waals surface area contributed by atoms with Gasteiger partial charge < -0.3 is 20.1 Å². The molecule has 0 spiro atoms. The molecule has 41 heavy (non-hydrogen) atoms. The third kappa shape index (κ3) is 4.85. The largest absolute Gasteiger partial charge is 0.490 e. The Morgan fingerprint density at radius 2 is 1.90 bits per heavy atom. The van der Waals surface area contributed by atoms with Crippen LogP contribution in [-0.4, -0.2) is 68.9 Å². The lowest BCUT2D eigenvalue weighted by molar-refractivity contribution is -0.00876. The van der Waals surface area contributed by atoms with E-state index in [0.717, 1.165) is 67.8 Å². The van der Waals surface area contributed by atoms with Crippen molar-refractivity contribution in [2.45, 2.75) is 56.3 Å². The highest BCUT2D eigenvalue weighted by molar-refractivity contribution is 5.85. The molecule has 1 saturated carbocycles. The first-order chi connectivity index (χ1) is 20.0. The van der Waals surface area contributed by atoms with E-state index in [-0.39, 0.29) is 5.54 Å². The Morgan fingerprint density at radius 3 is 2.59 bits per heavy atom. The summed E-state index contributed by atoms with van der Waals surface area (Å²) < 4.78 is 13.1. The number of nitriles is 1. The second kappa shape index (κ2) is 10.3. The van der Waals surface area contributed by atoms with E-state index in [9.17, 15) is 5.26 Å². The number of anilines is 1. The molecule has 7 heterocycles. The molecule has 0 aromatic carbocycles. The molecule has 3 saturated heterocycles. The molecule has 0 amide bonds. The maximum absolute atomic E-state index is 9.74. The van der Waals surface area contributed by atoms with Crippen molar-refractivity contribution >= 4 is 11.3 Å². The van der Waals surface area contributed by atoms with E-state index in [0.29, 0.717) is 35.9 Å². The number of pyridine rings is 3. The second-order valence-electron chi connectivity index (χ2n) is 11.6. The van der Waals surface area contributed by atoms with Crippen LogP contribution in [-0.2, 0) is 6.54 Å². The Morgan fingerprint density at radius 1 is 1.07 bits per heavy atom. The summed E-state index contributed by atoms with van der Waals surface area (Å²) in [6.07, 6.45) is 12.7. The normalized spacial score (nSPS) is 21.4. The second-order valence-corrected chi connectivity index (χ2v) is 11.6. The first kappa shape index (κ1) is 25.7. The maximum Gasteiger partial charge on any atom is 0.212 e. The molecule has 8 rings (SSSR count). The Labute approximate surface area is 239 Å². The van der Waals surface area contributed by atoms with Crippen molar-refractivity contribution in [2.75, 3.05) is 31.7 Å². The summed E-state index contributed by atoms with van der Waals surface area (Å²) in [5.74, 6) is 2.30. The predicted octanol–water partition coefficient (Wildman–Crippen LogP) is 3.78. The quantitative estimate of drug-likeness (QED) is 0.350. The van der Waals surface area contributed by atoms with Gasteiger partial charge in [-0.3, -0.25) is 4.90 Å². The molecule has 210 valence electrons. The van der Waals surface area contributed by atoms with Crippen LogP contribution in [0.25, 0.3) is 16.6 Å². The number of piperazine rings is 1. The maximum atomic E-state index is 9.74. The van der Waals surface area contributed by atoms with Crippen molar-refractivity contribution in [1.29, 1.82) is 5.26 Å². The summed E-state index contributed by atoms with van der Waals surface area (Å²) in [6.45, 7) is 3.26. The number of hydrogen-bond acceptors (Lipinski definition) is 9. The van der Waals surface area contributed by atoms with Crippen molar-refractivity contribution in [3.8, 4) is 28.8 Å². The van der Waals surface area contributed by atoms with Gasteiger partial charge in [-0.05, 0) is 43.0 Å². The number of ether oxygens (including phenoxy) is 2. The molecule has 4 aromatic rings.